The molecule has 1 aromatic heterocycles. The SMILES string of the molecule is CC[C@H](C)[C@H](NC(=O)[C@H](CCCN=C(N)N)NC(=O)[C@@H](N)CCCCN)C(=O)N[C@H](C(=O)N[C@@H](CO)C(=O)N[C@@H](Cc1cnc[nH]1)C(=O)N1CCC[C@H]1C(=O)N[C@@H](Cc1ccccc1)C(=O)N[C@@H](Cc1ccccc1)C(=O)O)[C@@H](C)CC. The molecule has 0 bridgehead atoms. The number of carbonyl (C=O) groups is 9. The number of imidazole rings is 1. The zero-order chi connectivity index (χ0) is 60.3. The van der Waals surface area contributed by atoms with Gasteiger partial charge in [-0.15, -0.1) is 0 Å². The van der Waals surface area contributed by atoms with Crippen molar-refractivity contribution in [2.75, 3.05) is 26.2 Å². The van der Waals surface area contributed by atoms with Gasteiger partial charge in [-0.3, -0.25) is 43.3 Å². The first-order valence-electron chi connectivity index (χ1n) is 28.0. The summed E-state index contributed by atoms with van der Waals surface area (Å²) in [6.07, 6.45) is 5.79. The number of hydrogen-bond acceptors (Lipinski definition) is 14. The lowest BCUT2D eigenvalue weighted by Crippen LogP contribution is -2.62. The number of carboxylic acids is 1. The van der Waals surface area contributed by atoms with Gasteiger partial charge < -0.3 is 80.2 Å². The summed E-state index contributed by atoms with van der Waals surface area (Å²) in [4.78, 5) is 137. The number of rotatable bonds is 35. The molecule has 26 nitrogen and oxygen atoms in total. The number of likely N-dealkylation sites (tertiary alicyclic amines) is 1. The van der Waals surface area contributed by atoms with Gasteiger partial charge in [0.1, 0.15) is 48.3 Å². The topological polar surface area (TPSA) is 427 Å². The minimum atomic E-state index is -1.67. The summed E-state index contributed by atoms with van der Waals surface area (Å²) >= 11 is 0. The number of hydrogen-bond donors (Lipinski definition) is 14. The lowest BCUT2D eigenvalue weighted by atomic mass is 9.94. The normalized spacial score (nSPS) is 16.7. The van der Waals surface area contributed by atoms with Crippen LogP contribution in [0.4, 0.5) is 0 Å². The maximum absolute atomic E-state index is 14.7. The minimum absolute atomic E-state index is 0.0161. The largest absolute Gasteiger partial charge is 0.480 e. The molecule has 0 saturated carbocycles. The van der Waals surface area contributed by atoms with E-state index in [-0.39, 0.29) is 57.6 Å². The Morgan fingerprint density at radius 1 is 0.671 bits per heavy atom. The summed E-state index contributed by atoms with van der Waals surface area (Å²) < 4.78 is 0. The van der Waals surface area contributed by atoms with Crippen molar-refractivity contribution in [3.8, 4) is 0 Å². The molecule has 0 radical (unpaired) electrons. The third-order valence-electron chi connectivity index (χ3n) is 14.5. The van der Waals surface area contributed by atoms with Crippen molar-refractivity contribution in [1.82, 2.24) is 52.1 Å². The van der Waals surface area contributed by atoms with Crippen molar-refractivity contribution < 1.29 is 53.4 Å². The molecule has 11 atom stereocenters. The molecule has 4 rings (SSSR count). The fraction of sp³-hybridized carbons (Fsp3) is 0.554. The van der Waals surface area contributed by atoms with E-state index < -0.39 is 126 Å². The van der Waals surface area contributed by atoms with Crippen LogP contribution in [0.25, 0.3) is 0 Å². The first kappa shape index (κ1) is 66.5. The predicted molar refractivity (Wildman–Crippen MR) is 305 cm³/mol. The number of aliphatic hydroxyl groups is 1. The Kier molecular flexibility index (Phi) is 27.9. The number of benzene rings is 2. The summed E-state index contributed by atoms with van der Waals surface area (Å²) in [7, 11) is 0. The minimum Gasteiger partial charge on any atom is -0.480 e. The van der Waals surface area contributed by atoms with Gasteiger partial charge in [-0.2, -0.15) is 0 Å². The standard InChI is InChI=1S/C56H85N15O11/c1-5-33(3)45(70-53(79)46(34(4)6-2)69-48(74)39(22-15-25-62-56(59)60)64-47(73)38(58)21-13-14-24-57)52(78)68-43(31-72)50(76)66-41(29-37-30-61-32-63-37)54(80)71-26-16-23-44(71)51(77)65-40(27-35-17-9-7-10-18-35)49(75)67-42(55(81)82)28-36-19-11-8-12-20-36/h7-12,17-20,30,32-34,38-46,72H,5-6,13-16,21-29,31,57-58H2,1-4H3,(H,61,63)(H,64,73)(H,65,77)(H,66,76)(H,67,75)(H,68,78)(H,69,74)(H,70,79)(H,81,82)(H4,59,60,62)/t33-,34-,38-,39-,40-,41-,42-,43-,44-,45-,46-/m0/s1. The van der Waals surface area contributed by atoms with Crippen molar-refractivity contribution in [2.24, 2.45) is 39.8 Å². The van der Waals surface area contributed by atoms with Crippen molar-refractivity contribution >= 4 is 59.2 Å². The number of carboxylic acid groups (broad SMARTS) is 1. The van der Waals surface area contributed by atoms with Crippen LogP contribution in [0.1, 0.15) is 102 Å². The van der Waals surface area contributed by atoms with E-state index in [4.69, 9.17) is 22.9 Å². The van der Waals surface area contributed by atoms with E-state index in [1.54, 1.807) is 88.4 Å². The lowest BCUT2D eigenvalue weighted by Gasteiger charge is -2.31. The Labute approximate surface area is 478 Å². The fourth-order valence-electron chi connectivity index (χ4n) is 9.29. The number of amides is 8. The second-order valence-corrected chi connectivity index (χ2v) is 20.8. The summed E-state index contributed by atoms with van der Waals surface area (Å²) in [5, 5.41) is 39.4. The third kappa shape index (κ3) is 21.2. The van der Waals surface area contributed by atoms with Crippen molar-refractivity contribution in [3.05, 3.63) is 90.0 Å². The van der Waals surface area contributed by atoms with Crippen LogP contribution in [-0.2, 0) is 62.4 Å². The number of aliphatic carboxylic acids is 1. The van der Waals surface area contributed by atoms with Gasteiger partial charge in [-0.1, -0.05) is 108 Å². The first-order chi connectivity index (χ1) is 39.2. The number of guanidine groups is 1. The number of unbranched alkanes of at least 4 members (excludes halogenated alkanes) is 1. The zero-order valence-electron chi connectivity index (χ0n) is 47.3. The van der Waals surface area contributed by atoms with Crippen LogP contribution in [0.2, 0.25) is 0 Å². The van der Waals surface area contributed by atoms with E-state index in [2.05, 4.69) is 52.2 Å². The molecule has 26 heteroatoms. The van der Waals surface area contributed by atoms with Gasteiger partial charge >= 0.3 is 5.97 Å². The molecule has 450 valence electrons. The third-order valence-corrected chi connectivity index (χ3v) is 14.5. The van der Waals surface area contributed by atoms with E-state index in [9.17, 15) is 53.4 Å². The molecule has 1 saturated heterocycles. The molecule has 3 aromatic rings. The van der Waals surface area contributed by atoms with Crippen LogP contribution < -0.4 is 60.2 Å². The molecule has 0 unspecified atom stereocenters. The number of aromatic amines is 1. The molecule has 1 aliphatic rings. The molecule has 0 aliphatic carbocycles. The van der Waals surface area contributed by atoms with Gasteiger partial charge in [0.05, 0.1) is 19.0 Å². The Balaban J connectivity index is 1.52. The maximum atomic E-state index is 14.7. The first-order valence-corrected chi connectivity index (χ1v) is 28.0. The Hall–Kier alpha value is -7.97. The van der Waals surface area contributed by atoms with Crippen LogP contribution in [0.15, 0.2) is 78.2 Å². The average molecular weight is 1140 g/mol. The Bertz CT molecular complexity index is 2570. The van der Waals surface area contributed by atoms with Gasteiger partial charge in [0.15, 0.2) is 5.96 Å². The van der Waals surface area contributed by atoms with E-state index in [0.717, 1.165) is 0 Å². The molecule has 82 heavy (non-hydrogen) atoms. The summed E-state index contributed by atoms with van der Waals surface area (Å²) in [6.45, 7) is 6.68. The van der Waals surface area contributed by atoms with Crippen LogP contribution in [0.5, 0.6) is 0 Å². The number of H-pyrrole nitrogens is 1. The van der Waals surface area contributed by atoms with Crippen LogP contribution >= 0.6 is 0 Å². The Morgan fingerprint density at radius 2 is 1.21 bits per heavy atom. The number of nitrogens with two attached hydrogens (primary N) is 4. The maximum Gasteiger partial charge on any atom is 0.326 e. The fourth-order valence-corrected chi connectivity index (χ4v) is 9.29. The second-order valence-electron chi connectivity index (χ2n) is 20.8. The summed E-state index contributed by atoms with van der Waals surface area (Å²) in [5.74, 6) is -8.54. The monoisotopic (exact) mass is 1140 g/mol. The van der Waals surface area contributed by atoms with E-state index >= 15 is 0 Å². The van der Waals surface area contributed by atoms with E-state index in [1.165, 1.54) is 17.4 Å². The van der Waals surface area contributed by atoms with Gasteiger partial charge in [-0.25, -0.2) is 9.78 Å². The van der Waals surface area contributed by atoms with Gasteiger partial charge in [0.2, 0.25) is 47.3 Å². The smallest absolute Gasteiger partial charge is 0.326 e. The van der Waals surface area contributed by atoms with Crippen molar-refractivity contribution in [1.29, 1.82) is 0 Å². The quantitative estimate of drug-likeness (QED) is 0.0181. The number of aromatic nitrogens is 2. The highest BCUT2D eigenvalue weighted by molar-refractivity contribution is 5.98. The molecule has 0 spiro atoms. The van der Waals surface area contributed by atoms with E-state index in [0.29, 0.717) is 61.9 Å². The Morgan fingerprint density at radius 3 is 1.76 bits per heavy atom. The highest BCUT2D eigenvalue weighted by Crippen LogP contribution is 2.21. The van der Waals surface area contributed by atoms with Crippen LogP contribution in [0, 0.1) is 11.8 Å². The van der Waals surface area contributed by atoms with Crippen molar-refractivity contribution in [2.45, 2.75) is 159 Å². The summed E-state index contributed by atoms with van der Waals surface area (Å²) in [6, 6.07) is 6.08. The second kappa shape index (κ2) is 34.3. The van der Waals surface area contributed by atoms with E-state index in [1.807, 2.05) is 0 Å². The molecular weight excluding hydrogens is 1060 g/mol. The number of aliphatic imine (C=N–C) groups is 1. The zero-order valence-corrected chi connectivity index (χ0v) is 47.3. The molecule has 18 N–H and O–H groups in total. The molecule has 2 aromatic carbocycles. The number of nitrogens with zero attached hydrogens (tertiary/aromatic N) is 3. The molecule has 1 aliphatic heterocycles. The molecule has 8 amide bonds. The molecular formula is C56H85N15O11. The lowest BCUT2D eigenvalue weighted by molar-refractivity contribution is -0.143. The van der Waals surface area contributed by atoms with Gasteiger partial charge in [0.25, 0.3) is 0 Å². The van der Waals surface area contributed by atoms with Crippen LogP contribution in [-0.4, -0.2) is 165 Å². The number of aliphatic hydroxyl groups excluding tert-OH is 1. The molecule has 1 fully saturated rings. The summed E-state index contributed by atoms with van der Waals surface area (Å²) in [5.41, 5.74) is 24.5. The van der Waals surface area contributed by atoms with Gasteiger partial charge in [-0.05, 0) is 68.0 Å². The van der Waals surface area contributed by atoms with Gasteiger partial charge in [0, 0.05) is 44.2 Å². The van der Waals surface area contributed by atoms with Crippen molar-refractivity contribution in [3.63, 3.8) is 0 Å². The average Bonchev–Trinajstić information content (AvgIpc) is 4.35. The predicted octanol–water partition coefficient (Wildman–Crippen LogP) is -1.50. The van der Waals surface area contributed by atoms with Crippen LogP contribution in [0.3, 0.4) is 0 Å². The highest BCUT2D eigenvalue weighted by Gasteiger charge is 2.41. The number of nitrogens with one attached hydrogen (secondary N) is 8. The molecule has 2 heterocycles. The number of carbonyl (C=O) groups excluding carboxylic acids is 8. The highest BCUT2D eigenvalue weighted by atomic mass is 16.4.